The fourth-order valence-electron chi connectivity index (χ4n) is 4.85. The van der Waals surface area contributed by atoms with Crippen LogP contribution in [-0.2, 0) is 19.9 Å². The molecular formula is C19H24N3O3+. The van der Waals surface area contributed by atoms with Gasteiger partial charge in [-0.2, -0.15) is 0 Å². The molecule has 3 amide bonds. The number of nitrogens with one attached hydrogen (secondary N) is 1. The van der Waals surface area contributed by atoms with Crippen LogP contribution in [0.3, 0.4) is 0 Å². The second-order valence-corrected chi connectivity index (χ2v) is 7.58. The minimum atomic E-state index is -1.01. The minimum absolute atomic E-state index is 0.106. The maximum Gasteiger partial charge on any atom is 0.291 e. The molecule has 1 aromatic carbocycles. The molecule has 6 nitrogen and oxygen atoms in total. The number of imide groups is 1. The van der Waals surface area contributed by atoms with Crippen molar-refractivity contribution < 1.29 is 19.7 Å². The number of fused-ring (bicyclic) bond motifs is 4. The number of nitrogens with zero attached hydrogens (tertiary/aromatic N) is 1. The summed E-state index contributed by atoms with van der Waals surface area (Å²) in [6, 6.07) is 5.71. The lowest BCUT2D eigenvalue weighted by atomic mass is 9.76. The lowest BCUT2D eigenvalue weighted by Gasteiger charge is -2.26. The van der Waals surface area contributed by atoms with Gasteiger partial charge in [-0.05, 0) is 32.4 Å². The second-order valence-electron chi connectivity index (χ2n) is 7.58. The fourth-order valence-corrected chi connectivity index (χ4v) is 4.85. The summed E-state index contributed by atoms with van der Waals surface area (Å²) >= 11 is 0. The first-order valence-corrected chi connectivity index (χ1v) is 9.05. The summed E-state index contributed by atoms with van der Waals surface area (Å²) in [5.41, 5.74) is 1.63. The van der Waals surface area contributed by atoms with Crippen LogP contribution in [0.15, 0.2) is 18.2 Å². The molecule has 3 heterocycles. The number of hydrogen-bond donors (Lipinski definition) is 2. The molecule has 1 spiro atoms. The largest absolute Gasteiger partial charge is 0.326 e. The molecule has 4 rings (SSSR count). The topological polar surface area (TPSA) is 83.1 Å². The van der Waals surface area contributed by atoms with Crippen LogP contribution in [0.5, 0.6) is 0 Å². The molecule has 0 aliphatic carbocycles. The molecule has 4 atom stereocenters. The van der Waals surface area contributed by atoms with Gasteiger partial charge in [0.2, 0.25) is 17.4 Å². The van der Waals surface area contributed by atoms with Crippen LogP contribution in [0.4, 0.5) is 5.69 Å². The van der Waals surface area contributed by atoms with E-state index in [4.69, 9.17) is 0 Å². The predicted octanol–water partition coefficient (Wildman–Crippen LogP) is 0.509. The van der Waals surface area contributed by atoms with Crippen molar-refractivity contribution in [3.05, 3.63) is 29.3 Å². The average Bonchev–Trinajstić information content (AvgIpc) is 3.12. The van der Waals surface area contributed by atoms with E-state index >= 15 is 0 Å². The predicted molar refractivity (Wildman–Crippen MR) is 91.5 cm³/mol. The van der Waals surface area contributed by atoms with Crippen molar-refractivity contribution in [2.24, 2.45) is 11.8 Å². The zero-order chi connectivity index (χ0) is 17.9. The third-order valence-corrected chi connectivity index (χ3v) is 6.01. The number of likely N-dealkylation sites (tertiary alicyclic amines) is 1. The summed E-state index contributed by atoms with van der Waals surface area (Å²) in [6.07, 6.45) is 1.71. The highest BCUT2D eigenvalue weighted by atomic mass is 16.2. The van der Waals surface area contributed by atoms with Gasteiger partial charge in [-0.1, -0.05) is 25.0 Å². The van der Waals surface area contributed by atoms with E-state index in [0.717, 1.165) is 29.7 Å². The molecule has 6 heteroatoms. The summed E-state index contributed by atoms with van der Waals surface area (Å²) in [7, 11) is 0. The van der Waals surface area contributed by atoms with Gasteiger partial charge in [0.25, 0.3) is 5.91 Å². The van der Waals surface area contributed by atoms with Gasteiger partial charge in [0.15, 0.2) is 0 Å². The van der Waals surface area contributed by atoms with E-state index in [1.165, 1.54) is 4.90 Å². The standard InChI is InChI=1S/C19H23N3O3/c1-4-5-8-22-16(23)14-11(3)21-19(15(14)17(22)24)12-9-10(2)6-7-13(12)20-18(19)25/h6-7,9,11,14-15,21H,4-5,8H2,1-3H3,(H,20,25)/p+1/t11-,14+,15-,19+/m0/s1. The number of carbonyl (C=O) groups excluding carboxylic acids is 3. The number of aryl methyl sites for hydroxylation is 1. The number of anilines is 1. The normalized spacial score (nSPS) is 33.2. The molecule has 3 aliphatic rings. The Morgan fingerprint density at radius 2 is 2.00 bits per heavy atom. The number of amides is 3. The highest BCUT2D eigenvalue weighted by Gasteiger charge is 2.73. The van der Waals surface area contributed by atoms with Crippen LogP contribution >= 0.6 is 0 Å². The van der Waals surface area contributed by atoms with E-state index in [9.17, 15) is 14.4 Å². The zero-order valence-electron chi connectivity index (χ0n) is 14.8. The maximum absolute atomic E-state index is 13.2. The van der Waals surface area contributed by atoms with E-state index in [-0.39, 0.29) is 23.8 Å². The van der Waals surface area contributed by atoms with Gasteiger partial charge in [-0.15, -0.1) is 0 Å². The summed E-state index contributed by atoms with van der Waals surface area (Å²) in [4.78, 5) is 40.4. The van der Waals surface area contributed by atoms with Crippen LogP contribution in [0.2, 0.25) is 0 Å². The Kier molecular flexibility index (Phi) is 3.51. The Balaban J connectivity index is 1.83. The van der Waals surface area contributed by atoms with Crippen molar-refractivity contribution in [3.8, 4) is 0 Å². The molecule has 0 unspecified atom stereocenters. The number of carbonyl (C=O) groups is 3. The van der Waals surface area contributed by atoms with E-state index in [1.807, 2.05) is 44.3 Å². The van der Waals surface area contributed by atoms with Crippen LogP contribution in [0.1, 0.15) is 37.8 Å². The monoisotopic (exact) mass is 342 g/mol. The van der Waals surface area contributed by atoms with Gasteiger partial charge in [0.1, 0.15) is 11.8 Å². The molecular weight excluding hydrogens is 318 g/mol. The van der Waals surface area contributed by atoms with Gasteiger partial charge in [0, 0.05) is 12.1 Å². The quantitative estimate of drug-likeness (QED) is 0.785. The van der Waals surface area contributed by atoms with Crippen LogP contribution < -0.4 is 10.6 Å². The molecule has 0 saturated carbocycles. The molecule has 2 saturated heterocycles. The lowest BCUT2D eigenvalue weighted by Crippen LogP contribution is -2.98. The maximum atomic E-state index is 13.2. The lowest BCUT2D eigenvalue weighted by molar-refractivity contribution is -0.730. The summed E-state index contributed by atoms with van der Waals surface area (Å²) in [5.74, 6) is -1.52. The Labute approximate surface area is 147 Å². The fraction of sp³-hybridized carbons (Fsp3) is 0.526. The number of quaternary nitrogens is 1. The van der Waals surface area contributed by atoms with Crippen LogP contribution in [-0.4, -0.2) is 35.2 Å². The Morgan fingerprint density at radius 3 is 2.72 bits per heavy atom. The van der Waals surface area contributed by atoms with E-state index < -0.39 is 17.4 Å². The number of unbranched alkanes of at least 4 members (excludes halogenated alkanes) is 1. The van der Waals surface area contributed by atoms with Gasteiger partial charge >= 0.3 is 0 Å². The molecule has 0 bridgehead atoms. The first-order valence-electron chi connectivity index (χ1n) is 9.05. The van der Waals surface area contributed by atoms with Crippen molar-refractivity contribution >= 4 is 23.4 Å². The molecule has 3 aliphatic heterocycles. The third kappa shape index (κ3) is 1.97. The van der Waals surface area contributed by atoms with Crippen LogP contribution in [0.25, 0.3) is 0 Å². The molecule has 2 fully saturated rings. The first-order chi connectivity index (χ1) is 11.9. The minimum Gasteiger partial charge on any atom is -0.326 e. The average molecular weight is 342 g/mol. The smallest absolute Gasteiger partial charge is 0.291 e. The van der Waals surface area contributed by atoms with Crippen molar-refractivity contribution in [3.63, 3.8) is 0 Å². The van der Waals surface area contributed by atoms with Crippen LogP contribution in [0, 0.1) is 18.8 Å². The van der Waals surface area contributed by atoms with E-state index in [2.05, 4.69) is 5.32 Å². The summed E-state index contributed by atoms with van der Waals surface area (Å²) in [5, 5.41) is 4.87. The van der Waals surface area contributed by atoms with Gasteiger partial charge in [-0.25, -0.2) is 0 Å². The van der Waals surface area contributed by atoms with Gasteiger partial charge < -0.3 is 10.6 Å². The number of rotatable bonds is 3. The second kappa shape index (κ2) is 5.39. The first kappa shape index (κ1) is 16.3. The van der Waals surface area contributed by atoms with Crippen molar-refractivity contribution in [1.82, 2.24) is 4.90 Å². The number of nitrogens with two attached hydrogens (primary N) is 1. The highest BCUT2D eigenvalue weighted by molar-refractivity contribution is 6.13. The molecule has 132 valence electrons. The van der Waals surface area contributed by atoms with Crippen molar-refractivity contribution in [1.29, 1.82) is 0 Å². The Hall–Kier alpha value is -2.21. The third-order valence-electron chi connectivity index (χ3n) is 6.01. The summed E-state index contributed by atoms with van der Waals surface area (Å²) < 4.78 is 0. The number of hydrogen-bond acceptors (Lipinski definition) is 3. The molecule has 25 heavy (non-hydrogen) atoms. The van der Waals surface area contributed by atoms with Crippen molar-refractivity contribution in [2.45, 2.75) is 45.2 Å². The number of benzene rings is 1. The Bertz CT molecular complexity index is 790. The van der Waals surface area contributed by atoms with E-state index in [0.29, 0.717) is 6.54 Å². The van der Waals surface area contributed by atoms with Gasteiger partial charge in [0.05, 0.1) is 11.7 Å². The molecule has 1 aromatic rings. The summed E-state index contributed by atoms with van der Waals surface area (Å²) in [6.45, 7) is 6.41. The van der Waals surface area contributed by atoms with Gasteiger partial charge in [-0.3, -0.25) is 19.3 Å². The highest BCUT2D eigenvalue weighted by Crippen LogP contribution is 2.49. The molecule has 0 radical (unpaired) electrons. The molecule has 0 aromatic heterocycles. The zero-order valence-corrected chi connectivity index (χ0v) is 14.8. The van der Waals surface area contributed by atoms with Crippen molar-refractivity contribution in [2.75, 3.05) is 11.9 Å². The SMILES string of the molecule is CCCCN1C(=O)[C@@H]2[C@H](C)[NH2+][C@@]3(C(=O)Nc4ccc(C)cc43)[C@@H]2C1=O. The van der Waals surface area contributed by atoms with E-state index in [1.54, 1.807) is 0 Å². The Morgan fingerprint density at radius 1 is 1.24 bits per heavy atom. The molecule has 3 N–H and O–H groups in total.